The van der Waals surface area contributed by atoms with Gasteiger partial charge >= 0.3 is 0 Å². The molecule has 0 bridgehead atoms. The van der Waals surface area contributed by atoms with Crippen LogP contribution < -0.4 is 5.73 Å². The van der Waals surface area contributed by atoms with Crippen molar-refractivity contribution in [3.05, 3.63) is 11.8 Å². The highest BCUT2D eigenvalue weighted by Gasteiger charge is 1.95. The molecule has 1 aliphatic heterocycles. The lowest BCUT2D eigenvalue weighted by atomic mass is 10.3. The molecule has 0 saturated carbocycles. The zero-order chi connectivity index (χ0) is 5.98. The number of hydrogen-bond donors (Lipinski definition) is 2. The maximum absolute atomic E-state index is 7.01. The van der Waals surface area contributed by atoms with Crippen LogP contribution >= 0.6 is 0 Å². The summed E-state index contributed by atoms with van der Waals surface area (Å²) in [7, 11) is 0. The number of hydrogen-bond acceptors (Lipinski definition) is 3. The molecular formula is C5H7N3. The molecule has 0 aromatic carbocycles. The maximum atomic E-state index is 7.01. The standard InChI is InChI=1S/C5H7N3/c6-4-1-5(7)3-8-2-4/h1-2,6H,3,7H2. The second kappa shape index (κ2) is 1.78. The summed E-state index contributed by atoms with van der Waals surface area (Å²) < 4.78 is 0. The van der Waals surface area contributed by atoms with E-state index in [2.05, 4.69) is 4.99 Å². The lowest BCUT2D eigenvalue weighted by Crippen LogP contribution is -2.10. The molecule has 0 unspecified atom stereocenters. The van der Waals surface area contributed by atoms with Crippen LogP contribution in [-0.2, 0) is 0 Å². The molecule has 3 N–H and O–H groups in total. The highest BCUT2D eigenvalue weighted by molar-refractivity contribution is 6.35. The van der Waals surface area contributed by atoms with Crippen LogP contribution in [0.25, 0.3) is 0 Å². The van der Waals surface area contributed by atoms with Crippen molar-refractivity contribution in [2.45, 2.75) is 0 Å². The number of nitrogens with one attached hydrogen (secondary N) is 1. The molecule has 0 aromatic heterocycles. The van der Waals surface area contributed by atoms with Gasteiger partial charge < -0.3 is 5.73 Å². The van der Waals surface area contributed by atoms with Crippen molar-refractivity contribution in [2.75, 3.05) is 6.54 Å². The van der Waals surface area contributed by atoms with E-state index >= 15 is 0 Å². The Morgan fingerprint density at radius 1 is 1.75 bits per heavy atom. The van der Waals surface area contributed by atoms with Crippen LogP contribution in [0.5, 0.6) is 0 Å². The molecular weight excluding hydrogens is 102 g/mol. The van der Waals surface area contributed by atoms with E-state index in [1.165, 1.54) is 6.21 Å². The Hall–Kier alpha value is -1.12. The smallest absolute Gasteiger partial charge is 0.0785 e. The van der Waals surface area contributed by atoms with Crippen molar-refractivity contribution in [1.82, 2.24) is 0 Å². The normalized spacial score (nSPS) is 18.5. The number of nitrogens with two attached hydrogens (primary N) is 1. The second-order valence-electron chi connectivity index (χ2n) is 1.64. The van der Waals surface area contributed by atoms with Crippen LogP contribution in [0.15, 0.2) is 16.8 Å². The summed E-state index contributed by atoms with van der Waals surface area (Å²) in [5, 5.41) is 7.01. The predicted molar refractivity (Wildman–Crippen MR) is 33.4 cm³/mol. The zero-order valence-corrected chi connectivity index (χ0v) is 4.39. The van der Waals surface area contributed by atoms with E-state index in [1.54, 1.807) is 6.08 Å². The minimum Gasteiger partial charge on any atom is -0.400 e. The lowest BCUT2D eigenvalue weighted by molar-refractivity contribution is 1.11. The predicted octanol–water partition coefficient (Wildman–Crippen LogP) is -0.0668. The molecule has 0 radical (unpaired) electrons. The van der Waals surface area contributed by atoms with E-state index in [1.807, 2.05) is 0 Å². The van der Waals surface area contributed by atoms with E-state index in [-0.39, 0.29) is 0 Å². The van der Waals surface area contributed by atoms with E-state index in [9.17, 15) is 0 Å². The molecule has 0 fully saturated rings. The van der Waals surface area contributed by atoms with Gasteiger partial charge in [0, 0.05) is 11.9 Å². The van der Waals surface area contributed by atoms with Gasteiger partial charge in [-0.05, 0) is 6.08 Å². The van der Waals surface area contributed by atoms with E-state index < -0.39 is 0 Å². The summed E-state index contributed by atoms with van der Waals surface area (Å²) in [6, 6.07) is 0. The van der Waals surface area contributed by atoms with Gasteiger partial charge in [-0.2, -0.15) is 0 Å². The topological polar surface area (TPSA) is 62.2 Å². The van der Waals surface area contributed by atoms with Gasteiger partial charge in [-0.15, -0.1) is 0 Å². The largest absolute Gasteiger partial charge is 0.400 e. The van der Waals surface area contributed by atoms with Crippen LogP contribution in [0.1, 0.15) is 0 Å². The molecule has 8 heavy (non-hydrogen) atoms. The second-order valence-corrected chi connectivity index (χ2v) is 1.64. The molecule has 0 spiro atoms. The van der Waals surface area contributed by atoms with Crippen LogP contribution in [0.4, 0.5) is 0 Å². The minimum atomic E-state index is 0.383. The number of nitrogens with zero attached hydrogens (tertiary/aromatic N) is 1. The number of dihydropyridines is 1. The van der Waals surface area contributed by atoms with Gasteiger partial charge in [-0.25, -0.2) is 0 Å². The Kier molecular flexibility index (Phi) is 1.12. The molecule has 1 heterocycles. The van der Waals surface area contributed by atoms with Gasteiger partial charge in [-0.3, -0.25) is 10.4 Å². The van der Waals surface area contributed by atoms with Gasteiger partial charge in [-0.1, -0.05) is 0 Å². The number of aliphatic imine (C=N–C) groups is 1. The summed E-state index contributed by atoms with van der Waals surface area (Å²) in [5.74, 6) is 0. The average molecular weight is 109 g/mol. The Labute approximate surface area is 47.4 Å². The zero-order valence-electron chi connectivity index (χ0n) is 4.39. The van der Waals surface area contributed by atoms with E-state index in [0.29, 0.717) is 18.0 Å². The van der Waals surface area contributed by atoms with Crippen molar-refractivity contribution >= 4 is 11.9 Å². The van der Waals surface area contributed by atoms with E-state index in [4.69, 9.17) is 11.1 Å². The van der Waals surface area contributed by atoms with Gasteiger partial charge in [0.15, 0.2) is 0 Å². The van der Waals surface area contributed by atoms with E-state index in [0.717, 1.165) is 0 Å². The fourth-order valence-electron chi connectivity index (χ4n) is 0.532. The molecule has 0 saturated heterocycles. The minimum absolute atomic E-state index is 0.383. The highest BCUT2D eigenvalue weighted by atomic mass is 14.8. The van der Waals surface area contributed by atoms with Crippen molar-refractivity contribution in [3.63, 3.8) is 0 Å². The Balaban J connectivity index is 2.74. The van der Waals surface area contributed by atoms with Gasteiger partial charge in [0.2, 0.25) is 0 Å². The fourth-order valence-corrected chi connectivity index (χ4v) is 0.532. The first-order valence-electron chi connectivity index (χ1n) is 2.33. The quantitative estimate of drug-likeness (QED) is 0.449. The molecule has 42 valence electrons. The first kappa shape index (κ1) is 5.03. The summed E-state index contributed by atoms with van der Waals surface area (Å²) in [4.78, 5) is 3.80. The SMILES string of the molecule is N=C1C=NCC(N)=C1. The average Bonchev–Trinajstić information content (AvgIpc) is 1.64. The third-order valence-corrected chi connectivity index (χ3v) is 0.845. The maximum Gasteiger partial charge on any atom is 0.0785 e. The van der Waals surface area contributed by atoms with Gasteiger partial charge in [0.25, 0.3) is 0 Å². The first-order valence-corrected chi connectivity index (χ1v) is 2.33. The molecule has 0 aliphatic carbocycles. The monoisotopic (exact) mass is 109 g/mol. The van der Waals surface area contributed by atoms with Crippen LogP contribution in [-0.4, -0.2) is 18.5 Å². The first-order chi connectivity index (χ1) is 3.79. The lowest BCUT2D eigenvalue weighted by Gasteiger charge is -1.99. The Morgan fingerprint density at radius 3 is 2.88 bits per heavy atom. The molecule has 0 aromatic rings. The molecule has 0 atom stereocenters. The summed E-state index contributed by atoms with van der Waals surface area (Å²) >= 11 is 0. The van der Waals surface area contributed by atoms with Gasteiger partial charge in [0.05, 0.1) is 12.3 Å². The van der Waals surface area contributed by atoms with Gasteiger partial charge in [0.1, 0.15) is 0 Å². The van der Waals surface area contributed by atoms with Crippen molar-refractivity contribution in [2.24, 2.45) is 10.7 Å². The van der Waals surface area contributed by atoms with Crippen molar-refractivity contribution < 1.29 is 0 Å². The summed E-state index contributed by atoms with van der Waals surface area (Å²) in [6.45, 7) is 0.544. The molecule has 3 nitrogen and oxygen atoms in total. The Bertz CT molecular complexity index is 167. The molecule has 3 heteroatoms. The molecule has 1 rings (SSSR count). The van der Waals surface area contributed by atoms with Crippen LogP contribution in [0.2, 0.25) is 0 Å². The van der Waals surface area contributed by atoms with Crippen molar-refractivity contribution in [3.8, 4) is 0 Å². The Morgan fingerprint density at radius 2 is 2.50 bits per heavy atom. The summed E-state index contributed by atoms with van der Waals surface area (Å²) in [6.07, 6.45) is 3.10. The van der Waals surface area contributed by atoms with Crippen LogP contribution in [0, 0.1) is 5.41 Å². The molecule has 0 amide bonds. The summed E-state index contributed by atoms with van der Waals surface area (Å²) in [5.41, 5.74) is 6.38. The molecule has 1 aliphatic rings. The third-order valence-electron chi connectivity index (χ3n) is 0.845. The van der Waals surface area contributed by atoms with Crippen LogP contribution in [0.3, 0.4) is 0 Å². The fraction of sp³-hybridized carbons (Fsp3) is 0.200. The van der Waals surface area contributed by atoms with Crippen molar-refractivity contribution in [1.29, 1.82) is 5.41 Å². The third kappa shape index (κ3) is 0.932. The number of allylic oxidation sites excluding steroid dienone is 1. The number of rotatable bonds is 0. The highest BCUT2D eigenvalue weighted by Crippen LogP contribution is 1.90.